The van der Waals surface area contributed by atoms with E-state index in [0.717, 1.165) is 16.8 Å². The molecule has 1 amide bonds. The number of anilines is 1. The minimum atomic E-state index is -0.481. The zero-order chi connectivity index (χ0) is 13.9. The lowest BCUT2D eigenvalue weighted by molar-refractivity contribution is -0.117. The lowest BCUT2D eigenvalue weighted by Crippen LogP contribution is -2.36. The quantitative estimate of drug-likeness (QED) is 0.859. The normalized spacial score (nSPS) is 11.7. The second-order valence-electron chi connectivity index (χ2n) is 5.91. The standard InChI is InChI=1S/C15H24N2O/c1-10(2)12-8-6-7-11(3)14(12)17-13(18)9-15(4,5)16/h6-8,10H,9,16H2,1-5H3,(H,17,18). The van der Waals surface area contributed by atoms with E-state index in [1.807, 2.05) is 32.9 Å². The molecule has 3 nitrogen and oxygen atoms in total. The molecule has 100 valence electrons. The van der Waals surface area contributed by atoms with Gasteiger partial charge in [-0.1, -0.05) is 32.0 Å². The Bertz CT molecular complexity index is 431. The smallest absolute Gasteiger partial charge is 0.226 e. The molecular formula is C15H24N2O. The summed E-state index contributed by atoms with van der Waals surface area (Å²) >= 11 is 0. The van der Waals surface area contributed by atoms with Gasteiger partial charge in [0.05, 0.1) is 0 Å². The average Bonchev–Trinajstić information content (AvgIpc) is 2.17. The Labute approximate surface area is 110 Å². The van der Waals surface area contributed by atoms with Gasteiger partial charge < -0.3 is 11.1 Å². The van der Waals surface area contributed by atoms with Crippen LogP contribution in [0.25, 0.3) is 0 Å². The Kier molecular flexibility index (Phi) is 4.52. The minimum Gasteiger partial charge on any atom is -0.326 e. The van der Waals surface area contributed by atoms with Gasteiger partial charge in [-0.05, 0) is 37.8 Å². The van der Waals surface area contributed by atoms with Gasteiger partial charge in [-0.3, -0.25) is 4.79 Å². The number of benzene rings is 1. The highest BCUT2D eigenvalue weighted by Gasteiger charge is 2.18. The molecule has 0 bridgehead atoms. The van der Waals surface area contributed by atoms with Gasteiger partial charge in [0.1, 0.15) is 0 Å². The molecule has 0 aliphatic rings. The van der Waals surface area contributed by atoms with Crippen LogP contribution < -0.4 is 11.1 Å². The van der Waals surface area contributed by atoms with Crippen molar-refractivity contribution in [2.75, 3.05) is 5.32 Å². The van der Waals surface area contributed by atoms with Crippen LogP contribution in [0.2, 0.25) is 0 Å². The van der Waals surface area contributed by atoms with Crippen molar-refractivity contribution in [3.63, 3.8) is 0 Å². The van der Waals surface area contributed by atoms with Crippen LogP contribution in [-0.4, -0.2) is 11.4 Å². The first-order chi connectivity index (χ1) is 8.20. The molecule has 0 heterocycles. The molecule has 3 heteroatoms. The van der Waals surface area contributed by atoms with Crippen molar-refractivity contribution < 1.29 is 4.79 Å². The van der Waals surface area contributed by atoms with Crippen molar-refractivity contribution in [3.8, 4) is 0 Å². The Morgan fingerprint density at radius 3 is 2.50 bits per heavy atom. The first-order valence-corrected chi connectivity index (χ1v) is 6.39. The van der Waals surface area contributed by atoms with E-state index in [1.165, 1.54) is 0 Å². The highest BCUT2D eigenvalue weighted by molar-refractivity contribution is 5.93. The topological polar surface area (TPSA) is 55.1 Å². The van der Waals surface area contributed by atoms with Crippen molar-refractivity contribution in [1.29, 1.82) is 0 Å². The monoisotopic (exact) mass is 248 g/mol. The van der Waals surface area contributed by atoms with Gasteiger partial charge in [0.25, 0.3) is 0 Å². The lowest BCUT2D eigenvalue weighted by atomic mass is 9.97. The van der Waals surface area contributed by atoms with Gasteiger partial charge in [0, 0.05) is 17.6 Å². The maximum Gasteiger partial charge on any atom is 0.226 e. The Morgan fingerprint density at radius 1 is 1.39 bits per heavy atom. The number of hydrogen-bond donors (Lipinski definition) is 2. The van der Waals surface area contributed by atoms with Gasteiger partial charge in [0.15, 0.2) is 0 Å². The molecule has 18 heavy (non-hydrogen) atoms. The van der Waals surface area contributed by atoms with E-state index in [2.05, 4.69) is 25.2 Å². The fourth-order valence-corrected chi connectivity index (χ4v) is 1.94. The highest BCUT2D eigenvalue weighted by atomic mass is 16.1. The number of nitrogens with one attached hydrogen (secondary N) is 1. The average molecular weight is 248 g/mol. The molecule has 0 saturated heterocycles. The van der Waals surface area contributed by atoms with Crippen molar-refractivity contribution in [2.24, 2.45) is 5.73 Å². The third kappa shape index (κ3) is 4.15. The fourth-order valence-electron chi connectivity index (χ4n) is 1.94. The van der Waals surface area contributed by atoms with E-state index in [-0.39, 0.29) is 5.91 Å². The van der Waals surface area contributed by atoms with Gasteiger partial charge in [-0.15, -0.1) is 0 Å². The Morgan fingerprint density at radius 2 is 2.00 bits per heavy atom. The molecule has 1 aromatic carbocycles. The van der Waals surface area contributed by atoms with E-state index < -0.39 is 5.54 Å². The summed E-state index contributed by atoms with van der Waals surface area (Å²) in [6, 6.07) is 6.09. The summed E-state index contributed by atoms with van der Waals surface area (Å²) in [5.74, 6) is 0.352. The van der Waals surface area contributed by atoms with Crippen LogP contribution in [0.15, 0.2) is 18.2 Å². The maximum atomic E-state index is 12.0. The van der Waals surface area contributed by atoms with Crippen molar-refractivity contribution in [2.45, 2.75) is 52.5 Å². The van der Waals surface area contributed by atoms with Crippen LogP contribution >= 0.6 is 0 Å². The molecule has 0 aromatic heterocycles. The molecule has 0 spiro atoms. The van der Waals surface area contributed by atoms with E-state index in [1.54, 1.807) is 0 Å². The predicted molar refractivity (Wildman–Crippen MR) is 76.8 cm³/mol. The van der Waals surface area contributed by atoms with Gasteiger partial charge in [-0.25, -0.2) is 0 Å². The third-order valence-electron chi connectivity index (χ3n) is 2.81. The summed E-state index contributed by atoms with van der Waals surface area (Å²) in [6.45, 7) is 9.96. The number of hydrogen-bond acceptors (Lipinski definition) is 2. The summed E-state index contributed by atoms with van der Waals surface area (Å²) < 4.78 is 0. The molecule has 0 atom stereocenters. The third-order valence-corrected chi connectivity index (χ3v) is 2.81. The summed E-state index contributed by atoms with van der Waals surface area (Å²) in [5.41, 5.74) is 8.57. The number of carbonyl (C=O) groups excluding carboxylic acids is 1. The van der Waals surface area contributed by atoms with Crippen LogP contribution in [0.5, 0.6) is 0 Å². The molecule has 1 aromatic rings. The number of carbonyl (C=O) groups is 1. The summed E-state index contributed by atoms with van der Waals surface area (Å²) in [7, 11) is 0. The van der Waals surface area contributed by atoms with Gasteiger partial charge >= 0.3 is 0 Å². The van der Waals surface area contributed by atoms with E-state index >= 15 is 0 Å². The van der Waals surface area contributed by atoms with Crippen molar-refractivity contribution in [3.05, 3.63) is 29.3 Å². The van der Waals surface area contributed by atoms with E-state index in [0.29, 0.717) is 12.3 Å². The molecule has 0 saturated carbocycles. The predicted octanol–water partition coefficient (Wildman–Crippen LogP) is 3.18. The molecule has 0 aliphatic heterocycles. The molecule has 0 aliphatic carbocycles. The van der Waals surface area contributed by atoms with Crippen LogP contribution in [-0.2, 0) is 4.79 Å². The number of nitrogens with two attached hydrogens (primary N) is 1. The Hall–Kier alpha value is -1.35. The largest absolute Gasteiger partial charge is 0.326 e. The van der Waals surface area contributed by atoms with Crippen molar-refractivity contribution >= 4 is 11.6 Å². The first kappa shape index (κ1) is 14.7. The summed E-state index contributed by atoms with van der Waals surface area (Å²) in [6.07, 6.45) is 0.318. The van der Waals surface area contributed by atoms with E-state index in [9.17, 15) is 4.79 Å². The minimum absolute atomic E-state index is 0.0290. The fraction of sp³-hybridized carbons (Fsp3) is 0.533. The molecule has 0 unspecified atom stereocenters. The molecule has 1 rings (SSSR count). The number of rotatable bonds is 4. The van der Waals surface area contributed by atoms with Crippen LogP contribution in [0, 0.1) is 6.92 Å². The van der Waals surface area contributed by atoms with Crippen LogP contribution in [0.3, 0.4) is 0 Å². The van der Waals surface area contributed by atoms with Crippen LogP contribution in [0.1, 0.15) is 51.2 Å². The SMILES string of the molecule is Cc1cccc(C(C)C)c1NC(=O)CC(C)(C)N. The molecule has 0 fully saturated rings. The van der Waals surface area contributed by atoms with Gasteiger partial charge in [-0.2, -0.15) is 0 Å². The first-order valence-electron chi connectivity index (χ1n) is 6.39. The van der Waals surface area contributed by atoms with E-state index in [4.69, 9.17) is 5.73 Å². The molecule has 3 N–H and O–H groups in total. The number of para-hydroxylation sites is 1. The zero-order valence-electron chi connectivity index (χ0n) is 12.0. The summed E-state index contributed by atoms with van der Waals surface area (Å²) in [5, 5.41) is 3.00. The zero-order valence-corrected chi connectivity index (χ0v) is 12.0. The number of aryl methyl sites for hydroxylation is 1. The highest BCUT2D eigenvalue weighted by Crippen LogP contribution is 2.27. The Balaban J connectivity index is 2.93. The molecule has 0 radical (unpaired) electrons. The second-order valence-corrected chi connectivity index (χ2v) is 5.91. The number of amides is 1. The van der Waals surface area contributed by atoms with Crippen LogP contribution in [0.4, 0.5) is 5.69 Å². The molecular weight excluding hydrogens is 224 g/mol. The summed E-state index contributed by atoms with van der Waals surface area (Å²) in [4.78, 5) is 12.0. The second kappa shape index (κ2) is 5.53. The lowest BCUT2D eigenvalue weighted by Gasteiger charge is -2.20. The van der Waals surface area contributed by atoms with Gasteiger partial charge in [0.2, 0.25) is 5.91 Å². The van der Waals surface area contributed by atoms with Crippen molar-refractivity contribution in [1.82, 2.24) is 0 Å². The maximum absolute atomic E-state index is 12.0.